The summed E-state index contributed by atoms with van der Waals surface area (Å²) in [5.74, 6) is -0.402. The third kappa shape index (κ3) is 4.04. The smallest absolute Gasteiger partial charge is 0.235 e. The first kappa shape index (κ1) is 18.4. The Hall–Kier alpha value is -2.41. The van der Waals surface area contributed by atoms with Crippen LogP contribution in [0.25, 0.3) is 0 Å². The highest BCUT2D eigenvalue weighted by molar-refractivity contribution is 7.92. The fraction of sp³-hybridized carbons (Fsp3) is 0.316. The summed E-state index contributed by atoms with van der Waals surface area (Å²) in [5.41, 5.74) is 1.24. The van der Waals surface area contributed by atoms with Gasteiger partial charge in [-0.3, -0.25) is 9.52 Å². The maximum absolute atomic E-state index is 13.1. The van der Waals surface area contributed by atoms with E-state index in [0.717, 1.165) is 18.4 Å². The van der Waals surface area contributed by atoms with Crippen LogP contribution < -0.4 is 10.0 Å². The van der Waals surface area contributed by atoms with Gasteiger partial charge in [-0.25, -0.2) is 12.8 Å². The van der Waals surface area contributed by atoms with E-state index < -0.39 is 15.4 Å². The third-order valence-corrected chi connectivity index (χ3v) is 5.96. The first-order chi connectivity index (χ1) is 12.3. The van der Waals surface area contributed by atoms with Gasteiger partial charge in [0.2, 0.25) is 15.9 Å². The summed E-state index contributed by atoms with van der Waals surface area (Å²) in [4.78, 5) is 12.7. The first-order valence-electron chi connectivity index (χ1n) is 8.53. The van der Waals surface area contributed by atoms with E-state index in [2.05, 4.69) is 10.0 Å². The predicted octanol–water partition coefficient (Wildman–Crippen LogP) is 3.65. The van der Waals surface area contributed by atoms with Crippen molar-refractivity contribution in [3.05, 3.63) is 59.9 Å². The zero-order valence-corrected chi connectivity index (χ0v) is 15.3. The van der Waals surface area contributed by atoms with Crippen molar-refractivity contribution < 1.29 is 17.6 Å². The van der Waals surface area contributed by atoms with E-state index in [1.807, 2.05) is 0 Å². The Balaban J connectivity index is 1.67. The number of benzene rings is 2. The van der Waals surface area contributed by atoms with Crippen LogP contribution in [0.3, 0.4) is 0 Å². The Morgan fingerprint density at radius 3 is 2.15 bits per heavy atom. The maximum atomic E-state index is 13.1. The fourth-order valence-electron chi connectivity index (χ4n) is 2.91. The van der Waals surface area contributed by atoms with Gasteiger partial charge in [-0.2, -0.15) is 0 Å². The van der Waals surface area contributed by atoms with Crippen LogP contribution in [0.5, 0.6) is 0 Å². The Morgan fingerprint density at radius 1 is 1.04 bits per heavy atom. The van der Waals surface area contributed by atoms with Crippen LogP contribution in [0.4, 0.5) is 15.8 Å². The molecule has 5 nitrogen and oxygen atoms in total. The SMILES string of the molecule is CCCS(=O)(=O)Nc1ccc(NC(=O)C2(c3ccc(F)cc3)CC2)cc1. The lowest BCUT2D eigenvalue weighted by atomic mass is 9.95. The first-order valence-corrected chi connectivity index (χ1v) is 10.2. The lowest BCUT2D eigenvalue weighted by Crippen LogP contribution is -2.27. The number of amides is 1. The Labute approximate surface area is 152 Å². The Morgan fingerprint density at radius 2 is 1.62 bits per heavy atom. The van der Waals surface area contributed by atoms with Crippen LogP contribution in [0, 0.1) is 5.82 Å². The van der Waals surface area contributed by atoms with Gasteiger partial charge in [-0.05, 0) is 61.2 Å². The zero-order valence-electron chi connectivity index (χ0n) is 14.5. The summed E-state index contributed by atoms with van der Waals surface area (Å²) in [6.07, 6.45) is 1.98. The van der Waals surface area contributed by atoms with Crippen molar-refractivity contribution in [1.82, 2.24) is 0 Å². The molecule has 1 fully saturated rings. The largest absolute Gasteiger partial charge is 0.325 e. The van der Waals surface area contributed by atoms with Gasteiger partial charge in [0, 0.05) is 11.4 Å². The predicted molar refractivity (Wildman–Crippen MR) is 100 cm³/mol. The van der Waals surface area contributed by atoms with Crippen LogP contribution in [-0.4, -0.2) is 20.1 Å². The molecule has 0 spiro atoms. The zero-order chi connectivity index (χ0) is 18.8. The monoisotopic (exact) mass is 376 g/mol. The van der Waals surface area contributed by atoms with Crippen LogP contribution in [0.15, 0.2) is 48.5 Å². The normalized spacial score (nSPS) is 15.3. The molecule has 1 aliphatic carbocycles. The average Bonchev–Trinajstić information content (AvgIpc) is 3.39. The van der Waals surface area contributed by atoms with E-state index in [4.69, 9.17) is 0 Å². The number of rotatable bonds is 7. The standard InChI is InChI=1S/C19H21FN2O3S/c1-2-13-26(24,25)22-17-9-7-16(8-10-17)21-18(23)19(11-12-19)14-3-5-15(20)6-4-14/h3-10,22H,2,11-13H2,1H3,(H,21,23). The molecular formula is C19H21FN2O3S. The van der Waals surface area contributed by atoms with Crippen LogP contribution in [0.2, 0.25) is 0 Å². The van der Waals surface area contributed by atoms with Crippen molar-refractivity contribution in [2.75, 3.05) is 15.8 Å². The molecule has 3 rings (SSSR count). The van der Waals surface area contributed by atoms with Gasteiger partial charge in [0.25, 0.3) is 0 Å². The Bertz CT molecular complexity index is 889. The average molecular weight is 376 g/mol. The minimum absolute atomic E-state index is 0.0612. The molecule has 1 amide bonds. The summed E-state index contributed by atoms with van der Waals surface area (Å²) in [6, 6.07) is 12.5. The molecular weight excluding hydrogens is 355 g/mol. The molecule has 2 N–H and O–H groups in total. The van der Waals surface area contributed by atoms with Gasteiger partial charge in [-0.15, -0.1) is 0 Å². The number of hydrogen-bond donors (Lipinski definition) is 2. The molecule has 2 aromatic rings. The summed E-state index contributed by atoms with van der Waals surface area (Å²) >= 11 is 0. The number of nitrogens with one attached hydrogen (secondary N) is 2. The van der Waals surface area contributed by atoms with E-state index in [0.29, 0.717) is 17.8 Å². The molecule has 7 heteroatoms. The third-order valence-electron chi connectivity index (χ3n) is 4.47. The van der Waals surface area contributed by atoms with E-state index in [1.54, 1.807) is 43.3 Å². The number of anilines is 2. The van der Waals surface area contributed by atoms with Crippen LogP contribution in [0.1, 0.15) is 31.7 Å². The quantitative estimate of drug-likeness (QED) is 0.775. The minimum Gasteiger partial charge on any atom is -0.325 e. The highest BCUT2D eigenvalue weighted by Gasteiger charge is 2.51. The highest BCUT2D eigenvalue weighted by atomic mass is 32.2. The number of carbonyl (C=O) groups is 1. The molecule has 0 radical (unpaired) electrons. The molecule has 2 aromatic carbocycles. The van der Waals surface area contributed by atoms with Gasteiger partial charge >= 0.3 is 0 Å². The molecule has 0 atom stereocenters. The second-order valence-electron chi connectivity index (χ2n) is 6.54. The van der Waals surface area contributed by atoms with Gasteiger partial charge in [0.1, 0.15) is 5.82 Å². The van der Waals surface area contributed by atoms with Crippen molar-refractivity contribution in [3.63, 3.8) is 0 Å². The number of sulfonamides is 1. The second-order valence-corrected chi connectivity index (χ2v) is 8.38. The van der Waals surface area contributed by atoms with Crippen LogP contribution in [-0.2, 0) is 20.2 Å². The van der Waals surface area contributed by atoms with Gasteiger partial charge in [0.15, 0.2) is 0 Å². The van der Waals surface area contributed by atoms with Crippen molar-refractivity contribution in [3.8, 4) is 0 Å². The summed E-state index contributed by atoms with van der Waals surface area (Å²) in [6.45, 7) is 1.80. The van der Waals surface area contributed by atoms with Gasteiger partial charge < -0.3 is 5.32 Å². The number of hydrogen-bond acceptors (Lipinski definition) is 3. The number of halogens is 1. The van der Waals surface area contributed by atoms with E-state index in [1.165, 1.54) is 12.1 Å². The second kappa shape index (κ2) is 7.07. The summed E-state index contributed by atoms with van der Waals surface area (Å²) in [5, 5.41) is 2.86. The van der Waals surface area contributed by atoms with E-state index in [-0.39, 0.29) is 17.5 Å². The molecule has 0 saturated heterocycles. The molecule has 138 valence electrons. The van der Waals surface area contributed by atoms with Crippen molar-refractivity contribution in [2.45, 2.75) is 31.6 Å². The number of carbonyl (C=O) groups excluding carboxylic acids is 1. The van der Waals surface area contributed by atoms with Gasteiger partial charge in [0.05, 0.1) is 11.2 Å². The molecule has 1 aliphatic rings. The molecule has 0 unspecified atom stereocenters. The lowest BCUT2D eigenvalue weighted by Gasteiger charge is -2.16. The topological polar surface area (TPSA) is 75.3 Å². The minimum atomic E-state index is -3.34. The van der Waals surface area contributed by atoms with Crippen molar-refractivity contribution in [1.29, 1.82) is 0 Å². The molecule has 0 bridgehead atoms. The highest BCUT2D eigenvalue weighted by Crippen LogP contribution is 2.49. The van der Waals surface area contributed by atoms with Crippen LogP contribution >= 0.6 is 0 Å². The van der Waals surface area contributed by atoms with Gasteiger partial charge in [-0.1, -0.05) is 19.1 Å². The maximum Gasteiger partial charge on any atom is 0.235 e. The van der Waals surface area contributed by atoms with Crippen molar-refractivity contribution >= 4 is 27.3 Å². The molecule has 0 aromatic heterocycles. The molecule has 0 aliphatic heterocycles. The molecule has 26 heavy (non-hydrogen) atoms. The fourth-order valence-corrected chi connectivity index (χ4v) is 4.05. The summed E-state index contributed by atoms with van der Waals surface area (Å²) in [7, 11) is -3.34. The molecule has 1 saturated carbocycles. The molecule has 0 heterocycles. The van der Waals surface area contributed by atoms with E-state index >= 15 is 0 Å². The van der Waals surface area contributed by atoms with E-state index in [9.17, 15) is 17.6 Å². The van der Waals surface area contributed by atoms with Crippen molar-refractivity contribution in [2.24, 2.45) is 0 Å². The summed E-state index contributed by atoms with van der Waals surface area (Å²) < 4.78 is 39.1. The lowest BCUT2D eigenvalue weighted by molar-refractivity contribution is -0.118. The Kier molecular flexibility index (Phi) is 5.00.